The van der Waals surface area contributed by atoms with Crippen LogP contribution in [-0.2, 0) is 0 Å². The summed E-state index contributed by atoms with van der Waals surface area (Å²) in [5, 5.41) is 18.8. The number of imidazole rings is 1. The van der Waals surface area contributed by atoms with E-state index >= 15 is 0 Å². The van der Waals surface area contributed by atoms with Gasteiger partial charge in [0, 0.05) is 11.6 Å². The van der Waals surface area contributed by atoms with Gasteiger partial charge in [0.1, 0.15) is 17.5 Å². The van der Waals surface area contributed by atoms with E-state index in [4.69, 9.17) is 5.26 Å². The van der Waals surface area contributed by atoms with Crippen LogP contribution in [0.15, 0.2) is 29.1 Å². The van der Waals surface area contributed by atoms with Gasteiger partial charge in [0.15, 0.2) is 0 Å². The molecular weight excluding hydrogens is 256 g/mol. The van der Waals surface area contributed by atoms with Gasteiger partial charge in [-0.1, -0.05) is 6.07 Å². The SMILES string of the molecule is Cc1nc2ccc(-c3cc(=O)[nH]c(O)c3C#N)cc2[nH]1. The summed E-state index contributed by atoms with van der Waals surface area (Å²) >= 11 is 0. The van der Waals surface area contributed by atoms with Gasteiger partial charge < -0.3 is 10.1 Å². The number of fused-ring (bicyclic) bond motifs is 1. The molecule has 0 atom stereocenters. The van der Waals surface area contributed by atoms with Crippen molar-refractivity contribution < 1.29 is 5.11 Å². The van der Waals surface area contributed by atoms with E-state index in [0.29, 0.717) is 11.1 Å². The van der Waals surface area contributed by atoms with Crippen LogP contribution >= 0.6 is 0 Å². The lowest BCUT2D eigenvalue weighted by Gasteiger charge is -2.05. The van der Waals surface area contributed by atoms with Gasteiger partial charge in [0.2, 0.25) is 5.88 Å². The molecule has 0 saturated heterocycles. The highest BCUT2D eigenvalue weighted by Gasteiger charge is 2.12. The predicted octanol–water partition coefficient (Wildman–Crippen LogP) is 1.80. The maximum absolute atomic E-state index is 11.5. The topological polar surface area (TPSA) is 106 Å². The molecule has 20 heavy (non-hydrogen) atoms. The Hall–Kier alpha value is -3.07. The molecule has 0 spiro atoms. The van der Waals surface area contributed by atoms with Crippen molar-refractivity contribution in [2.24, 2.45) is 0 Å². The maximum Gasteiger partial charge on any atom is 0.251 e. The van der Waals surface area contributed by atoms with E-state index in [0.717, 1.165) is 16.9 Å². The molecule has 2 heterocycles. The van der Waals surface area contributed by atoms with Crippen molar-refractivity contribution in [3.8, 4) is 23.1 Å². The number of aryl methyl sites for hydroxylation is 1. The monoisotopic (exact) mass is 266 g/mol. The second-order valence-corrected chi connectivity index (χ2v) is 4.44. The zero-order chi connectivity index (χ0) is 14.3. The average molecular weight is 266 g/mol. The van der Waals surface area contributed by atoms with Crippen molar-refractivity contribution in [3.63, 3.8) is 0 Å². The fraction of sp³-hybridized carbons (Fsp3) is 0.0714. The molecule has 98 valence electrons. The van der Waals surface area contributed by atoms with E-state index in [1.54, 1.807) is 18.2 Å². The lowest BCUT2D eigenvalue weighted by molar-refractivity contribution is 0.450. The molecule has 6 nitrogen and oxygen atoms in total. The molecule has 0 saturated carbocycles. The van der Waals surface area contributed by atoms with Crippen LogP contribution in [0.1, 0.15) is 11.4 Å². The minimum absolute atomic E-state index is 0.0418. The van der Waals surface area contributed by atoms with Crippen LogP contribution in [0.3, 0.4) is 0 Å². The van der Waals surface area contributed by atoms with Gasteiger partial charge in [0.25, 0.3) is 5.56 Å². The number of hydrogen-bond acceptors (Lipinski definition) is 4. The zero-order valence-electron chi connectivity index (χ0n) is 10.6. The summed E-state index contributed by atoms with van der Waals surface area (Å²) in [7, 11) is 0. The molecule has 1 aromatic carbocycles. The number of aromatic hydroxyl groups is 1. The summed E-state index contributed by atoms with van der Waals surface area (Å²) < 4.78 is 0. The molecule has 3 rings (SSSR count). The molecule has 2 aromatic heterocycles. The molecule has 6 heteroatoms. The van der Waals surface area contributed by atoms with Crippen molar-refractivity contribution >= 4 is 11.0 Å². The second kappa shape index (κ2) is 4.24. The molecule has 0 bridgehead atoms. The Morgan fingerprint density at radius 3 is 2.85 bits per heavy atom. The van der Waals surface area contributed by atoms with E-state index < -0.39 is 11.4 Å². The molecule has 0 amide bonds. The van der Waals surface area contributed by atoms with Gasteiger partial charge in [-0.05, 0) is 24.6 Å². The number of nitrogens with one attached hydrogen (secondary N) is 2. The smallest absolute Gasteiger partial charge is 0.251 e. The van der Waals surface area contributed by atoms with Crippen molar-refractivity contribution in [2.75, 3.05) is 0 Å². The molecule has 0 fully saturated rings. The Bertz CT molecular complexity index is 915. The first-order valence-electron chi connectivity index (χ1n) is 5.91. The van der Waals surface area contributed by atoms with Gasteiger partial charge in [-0.25, -0.2) is 4.98 Å². The number of nitriles is 1. The predicted molar refractivity (Wildman–Crippen MR) is 73.3 cm³/mol. The van der Waals surface area contributed by atoms with Crippen LogP contribution in [0.25, 0.3) is 22.2 Å². The van der Waals surface area contributed by atoms with Crippen molar-refractivity contribution in [2.45, 2.75) is 6.92 Å². The minimum atomic E-state index is -0.461. The standard InChI is InChI=1S/C14H10N4O2/c1-7-16-11-3-2-8(4-12(11)17-7)9-5-13(19)18-14(20)10(9)6-15/h2-5H,1H3,(H,16,17)(H2,18,19,20). The van der Waals surface area contributed by atoms with Crippen molar-refractivity contribution in [1.82, 2.24) is 15.0 Å². The average Bonchev–Trinajstić information content (AvgIpc) is 2.76. The first-order chi connectivity index (χ1) is 9.58. The molecular formula is C14H10N4O2. The van der Waals surface area contributed by atoms with Crippen LogP contribution < -0.4 is 5.56 Å². The molecule has 0 unspecified atom stereocenters. The maximum atomic E-state index is 11.5. The molecule has 0 aliphatic heterocycles. The number of rotatable bonds is 1. The van der Waals surface area contributed by atoms with E-state index in [9.17, 15) is 9.90 Å². The lowest BCUT2D eigenvalue weighted by Crippen LogP contribution is -2.06. The number of nitrogens with zero attached hydrogens (tertiary/aromatic N) is 2. The third-order valence-electron chi connectivity index (χ3n) is 3.05. The van der Waals surface area contributed by atoms with Crippen molar-refractivity contribution in [3.05, 3.63) is 46.0 Å². The van der Waals surface area contributed by atoms with Gasteiger partial charge in [-0.15, -0.1) is 0 Å². The number of aromatic nitrogens is 3. The highest BCUT2D eigenvalue weighted by atomic mass is 16.3. The van der Waals surface area contributed by atoms with E-state index in [2.05, 4.69) is 15.0 Å². The van der Waals surface area contributed by atoms with Crippen molar-refractivity contribution in [1.29, 1.82) is 5.26 Å². The summed E-state index contributed by atoms with van der Waals surface area (Å²) in [6, 6.07) is 8.55. The Kier molecular flexibility index (Phi) is 2.54. The highest BCUT2D eigenvalue weighted by molar-refractivity contribution is 5.83. The van der Waals surface area contributed by atoms with Gasteiger partial charge in [-0.3, -0.25) is 9.78 Å². The number of H-pyrrole nitrogens is 2. The summed E-state index contributed by atoms with van der Waals surface area (Å²) in [5.74, 6) is 0.363. The third kappa shape index (κ3) is 1.82. The molecule has 0 aliphatic carbocycles. The zero-order valence-corrected chi connectivity index (χ0v) is 10.6. The van der Waals surface area contributed by atoms with Crippen LogP contribution in [0, 0.1) is 18.3 Å². The quantitative estimate of drug-likeness (QED) is 0.624. The Morgan fingerprint density at radius 2 is 2.10 bits per heavy atom. The van der Waals surface area contributed by atoms with Crippen LogP contribution in [-0.4, -0.2) is 20.1 Å². The minimum Gasteiger partial charge on any atom is -0.494 e. The summed E-state index contributed by atoms with van der Waals surface area (Å²) in [6.45, 7) is 1.85. The highest BCUT2D eigenvalue weighted by Crippen LogP contribution is 2.28. The summed E-state index contributed by atoms with van der Waals surface area (Å²) in [6.07, 6.45) is 0. The summed E-state index contributed by atoms with van der Waals surface area (Å²) in [5.41, 5.74) is 2.25. The first-order valence-corrected chi connectivity index (χ1v) is 5.91. The van der Waals surface area contributed by atoms with Gasteiger partial charge >= 0.3 is 0 Å². The van der Waals surface area contributed by atoms with Crippen LogP contribution in [0.4, 0.5) is 0 Å². The Morgan fingerprint density at radius 1 is 1.30 bits per heavy atom. The first kappa shape index (κ1) is 12.0. The number of hydrogen-bond donors (Lipinski definition) is 3. The van der Waals surface area contributed by atoms with E-state index in [-0.39, 0.29) is 5.56 Å². The molecule has 0 radical (unpaired) electrons. The number of benzene rings is 1. The Balaban J connectivity index is 2.30. The normalized spacial score (nSPS) is 10.6. The number of aromatic amines is 2. The lowest BCUT2D eigenvalue weighted by atomic mass is 10.0. The molecule has 0 aliphatic rings. The van der Waals surface area contributed by atoms with E-state index in [1.165, 1.54) is 6.07 Å². The van der Waals surface area contributed by atoms with Gasteiger partial charge in [0.05, 0.1) is 11.0 Å². The Labute approximate surface area is 113 Å². The fourth-order valence-electron chi connectivity index (χ4n) is 2.19. The number of pyridine rings is 1. The van der Waals surface area contributed by atoms with E-state index in [1.807, 2.05) is 13.0 Å². The van der Waals surface area contributed by atoms with Crippen LogP contribution in [0.5, 0.6) is 5.88 Å². The third-order valence-corrected chi connectivity index (χ3v) is 3.05. The van der Waals surface area contributed by atoms with Gasteiger partial charge in [-0.2, -0.15) is 5.26 Å². The molecule has 3 N–H and O–H groups in total. The molecule has 3 aromatic rings. The fourth-order valence-corrected chi connectivity index (χ4v) is 2.19. The summed E-state index contributed by atoms with van der Waals surface area (Å²) in [4.78, 5) is 21.1. The van der Waals surface area contributed by atoms with Crippen LogP contribution in [0.2, 0.25) is 0 Å². The second-order valence-electron chi connectivity index (χ2n) is 4.44. The largest absolute Gasteiger partial charge is 0.494 e.